The molecule has 2 heterocycles. The molecule has 126 valence electrons. The normalized spacial score (nSPS) is 15.8. The number of carboxylic acid groups (broad SMARTS) is 1. The van der Waals surface area contributed by atoms with Gasteiger partial charge in [-0.15, -0.1) is 0 Å². The number of fused-ring (bicyclic) bond motifs is 1. The lowest BCUT2D eigenvalue weighted by Gasteiger charge is -2.07. The van der Waals surface area contributed by atoms with Crippen molar-refractivity contribution in [2.24, 2.45) is 0 Å². The fourth-order valence-corrected chi connectivity index (χ4v) is 3.60. The maximum absolute atomic E-state index is 10.7. The molecule has 1 unspecified atom stereocenters. The summed E-state index contributed by atoms with van der Waals surface area (Å²) in [5.41, 5.74) is 4.65. The molecule has 0 aliphatic heterocycles. The molecule has 1 aliphatic rings. The van der Waals surface area contributed by atoms with Gasteiger partial charge in [-0.05, 0) is 52.5 Å². The number of halogens is 1. The fourth-order valence-electron chi connectivity index (χ4n) is 3.22. The second kappa shape index (κ2) is 6.33. The number of imidazole rings is 1. The fraction of sp³-hybridized carbons (Fsp3) is 0.167. The zero-order valence-corrected chi connectivity index (χ0v) is 14.7. The smallest absolute Gasteiger partial charge is 0.409 e. The summed E-state index contributed by atoms with van der Waals surface area (Å²) in [5.74, 6) is 1.10. The topological polar surface area (TPSA) is 90.9 Å². The van der Waals surface area contributed by atoms with Gasteiger partial charge in [-0.2, -0.15) is 0 Å². The number of nitrogens with zero attached hydrogens (tertiary/aromatic N) is 2. The summed E-state index contributed by atoms with van der Waals surface area (Å²) < 4.78 is 1.00. The van der Waals surface area contributed by atoms with Gasteiger partial charge >= 0.3 is 6.09 Å². The Bertz CT molecular complexity index is 937. The zero-order chi connectivity index (χ0) is 17.4. The third-order valence-corrected chi connectivity index (χ3v) is 4.79. The summed E-state index contributed by atoms with van der Waals surface area (Å²) in [6.45, 7) is 0. The molecule has 0 saturated carbocycles. The van der Waals surface area contributed by atoms with Gasteiger partial charge in [-0.3, -0.25) is 10.3 Å². The number of aromatic amines is 1. The molecule has 1 aromatic carbocycles. The average molecular weight is 399 g/mol. The Balaban J connectivity index is 1.58. The van der Waals surface area contributed by atoms with Gasteiger partial charge in [0.15, 0.2) is 0 Å². The molecule has 1 aliphatic carbocycles. The minimum Gasteiger partial charge on any atom is -0.465 e. The molecule has 2 aromatic heterocycles. The van der Waals surface area contributed by atoms with Crippen LogP contribution in [0.1, 0.15) is 29.4 Å². The Morgan fingerprint density at radius 1 is 1.32 bits per heavy atom. The van der Waals surface area contributed by atoms with Gasteiger partial charge in [-0.1, -0.05) is 12.1 Å². The molecule has 3 aromatic rings. The van der Waals surface area contributed by atoms with Gasteiger partial charge in [0.25, 0.3) is 0 Å². The molecule has 3 N–H and O–H groups in total. The van der Waals surface area contributed by atoms with E-state index in [0.717, 1.165) is 40.1 Å². The summed E-state index contributed by atoms with van der Waals surface area (Å²) in [4.78, 5) is 23.2. The first-order chi connectivity index (χ1) is 12.1. The van der Waals surface area contributed by atoms with Crippen molar-refractivity contribution in [3.63, 3.8) is 0 Å². The largest absolute Gasteiger partial charge is 0.465 e. The first kappa shape index (κ1) is 15.8. The number of benzene rings is 1. The van der Waals surface area contributed by atoms with Gasteiger partial charge in [0.05, 0.1) is 17.3 Å². The van der Waals surface area contributed by atoms with Gasteiger partial charge in [-0.25, -0.2) is 9.78 Å². The number of aryl methyl sites for hydroxylation is 1. The molecule has 0 bridgehead atoms. The minimum atomic E-state index is -1.08. The van der Waals surface area contributed by atoms with Crippen LogP contribution in [0.5, 0.6) is 0 Å². The lowest BCUT2D eigenvalue weighted by Crippen LogP contribution is -2.06. The Kier molecular flexibility index (Phi) is 4.01. The minimum absolute atomic E-state index is 0.185. The molecule has 0 spiro atoms. The molecule has 0 fully saturated rings. The number of carbonyl (C=O) groups is 1. The zero-order valence-electron chi connectivity index (χ0n) is 13.2. The van der Waals surface area contributed by atoms with Gasteiger partial charge < -0.3 is 10.1 Å². The highest BCUT2D eigenvalue weighted by Gasteiger charge is 2.28. The maximum atomic E-state index is 10.7. The number of amides is 1. The van der Waals surface area contributed by atoms with Crippen molar-refractivity contribution in [3.05, 3.63) is 64.3 Å². The Labute approximate surface area is 152 Å². The highest BCUT2D eigenvalue weighted by molar-refractivity contribution is 9.10. The van der Waals surface area contributed by atoms with E-state index >= 15 is 0 Å². The van der Waals surface area contributed by atoms with Crippen molar-refractivity contribution in [1.82, 2.24) is 15.0 Å². The summed E-state index contributed by atoms with van der Waals surface area (Å²) in [6, 6.07) is 9.27. The summed E-state index contributed by atoms with van der Waals surface area (Å²) in [6.07, 6.45) is 4.63. The van der Waals surface area contributed by atoms with Gasteiger partial charge in [0, 0.05) is 28.1 Å². The van der Waals surface area contributed by atoms with Crippen LogP contribution in [-0.4, -0.2) is 26.2 Å². The van der Waals surface area contributed by atoms with E-state index in [9.17, 15) is 4.79 Å². The van der Waals surface area contributed by atoms with E-state index in [1.54, 1.807) is 12.1 Å². The third-order valence-electron chi connectivity index (χ3n) is 4.36. The van der Waals surface area contributed by atoms with Crippen LogP contribution in [0.2, 0.25) is 0 Å². The van der Waals surface area contributed by atoms with Crippen LogP contribution in [0.4, 0.5) is 10.5 Å². The number of aromatic nitrogens is 3. The van der Waals surface area contributed by atoms with Crippen LogP contribution in [0, 0.1) is 0 Å². The van der Waals surface area contributed by atoms with E-state index in [0.29, 0.717) is 5.69 Å². The summed E-state index contributed by atoms with van der Waals surface area (Å²) in [5, 5.41) is 11.1. The van der Waals surface area contributed by atoms with Gasteiger partial charge in [0.2, 0.25) is 0 Å². The highest BCUT2D eigenvalue weighted by atomic mass is 79.9. The van der Waals surface area contributed by atoms with E-state index in [4.69, 9.17) is 10.1 Å². The van der Waals surface area contributed by atoms with Crippen molar-refractivity contribution in [3.8, 4) is 11.3 Å². The molecule has 0 saturated heterocycles. The van der Waals surface area contributed by atoms with Crippen molar-refractivity contribution in [2.75, 3.05) is 5.32 Å². The predicted molar refractivity (Wildman–Crippen MR) is 97.8 cm³/mol. The summed E-state index contributed by atoms with van der Waals surface area (Å²) >= 11 is 3.47. The van der Waals surface area contributed by atoms with Crippen LogP contribution in [0.25, 0.3) is 11.3 Å². The Morgan fingerprint density at radius 2 is 2.12 bits per heavy atom. The molecule has 0 radical (unpaired) electrons. The molecule has 7 heteroatoms. The standard InChI is InChI=1S/C18H15BrN4O2/c19-12-7-11-3-6-14(16(11)20-8-12)17-21-9-15(23-17)10-1-4-13(5-2-10)22-18(24)25/h1-2,4-5,7-9,14,22H,3,6H2,(H,21,23)(H,24,25). The molecule has 1 amide bonds. The van der Waals surface area contributed by atoms with Gasteiger partial charge in [0.1, 0.15) is 5.82 Å². The number of rotatable bonds is 3. The van der Waals surface area contributed by atoms with Crippen LogP contribution in [-0.2, 0) is 6.42 Å². The van der Waals surface area contributed by atoms with E-state index in [2.05, 4.69) is 37.3 Å². The monoisotopic (exact) mass is 398 g/mol. The van der Waals surface area contributed by atoms with Crippen molar-refractivity contribution < 1.29 is 9.90 Å². The lowest BCUT2D eigenvalue weighted by atomic mass is 10.1. The highest BCUT2D eigenvalue weighted by Crippen LogP contribution is 2.37. The Morgan fingerprint density at radius 3 is 2.88 bits per heavy atom. The molecule has 4 rings (SSSR count). The number of anilines is 1. The van der Waals surface area contributed by atoms with E-state index < -0.39 is 6.09 Å². The molecule has 1 atom stereocenters. The van der Waals surface area contributed by atoms with Crippen LogP contribution >= 0.6 is 15.9 Å². The predicted octanol–water partition coefficient (Wildman–Crippen LogP) is 4.40. The van der Waals surface area contributed by atoms with E-state index in [1.807, 2.05) is 24.5 Å². The maximum Gasteiger partial charge on any atom is 0.409 e. The average Bonchev–Trinajstić information content (AvgIpc) is 3.21. The van der Waals surface area contributed by atoms with Crippen LogP contribution in [0.15, 0.2) is 47.2 Å². The number of nitrogens with one attached hydrogen (secondary N) is 2. The number of hydrogen-bond acceptors (Lipinski definition) is 3. The van der Waals surface area contributed by atoms with Crippen LogP contribution in [0.3, 0.4) is 0 Å². The first-order valence-electron chi connectivity index (χ1n) is 7.90. The Hall–Kier alpha value is -2.67. The first-order valence-corrected chi connectivity index (χ1v) is 8.69. The van der Waals surface area contributed by atoms with E-state index in [1.165, 1.54) is 5.56 Å². The number of hydrogen-bond donors (Lipinski definition) is 3. The van der Waals surface area contributed by atoms with E-state index in [-0.39, 0.29) is 5.92 Å². The SMILES string of the molecule is O=C(O)Nc1ccc(-c2c[nH]c(C3CCc4cc(Br)cnc43)n2)cc1. The number of H-pyrrole nitrogens is 1. The van der Waals surface area contributed by atoms with Crippen molar-refractivity contribution in [1.29, 1.82) is 0 Å². The summed E-state index contributed by atoms with van der Waals surface area (Å²) in [7, 11) is 0. The third kappa shape index (κ3) is 3.15. The molecular weight excluding hydrogens is 384 g/mol. The quantitative estimate of drug-likeness (QED) is 0.609. The molecular formula is C18H15BrN4O2. The molecule has 6 nitrogen and oxygen atoms in total. The second-order valence-electron chi connectivity index (χ2n) is 5.97. The van der Waals surface area contributed by atoms with Crippen molar-refractivity contribution >= 4 is 27.7 Å². The number of pyridine rings is 1. The lowest BCUT2D eigenvalue weighted by molar-refractivity contribution is 0.210. The van der Waals surface area contributed by atoms with Crippen molar-refractivity contribution in [2.45, 2.75) is 18.8 Å². The molecule has 25 heavy (non-hydrogen) atoms. The van der Waals surface area contributed by atoms with Crippen LogP contribution < -0.4 is 5.32 Å². The second-order valence-corrected chi connectivity index (χ2v) is 6.88.